The molecule has 84 valence electrons. The molecule has 5 heteroatoms. The molecule has 2 rings (SSSR count). The topological polar surface area (TPSA) is 51.0 Å². The quantitative estimate of drug-likeness (QED) is 0.854. The summed E-state index contributed by atoms with van der Waals surface area (Å²) in [6.07, 6.45) is 2.43. The van der Waals surface area contributed by atoms with Crippen LogP contribution in [0.1, 0.15) is 43.7 Å². The van der Waals surface area contributed by atoms with Crippen LogP contribution in [0.2, 0.25) is 0 Å². The lowest BCUT2D eigenvalue weighted by Crippen LogP contribution is -2.21. The number of hydrogen-bond acceptors (Lipinski definition) is 5. The van der Waals surface area contributed by atoms with Gasteiger partial charge in [-0.2, -0.15) is 0 Å². The largest absolute Gasteiger partial charge is 0.423 e. The SMILES string of the molecule is CC(C)NCc1nnc(C2CCCS2)o1. The van der Waals surface area contributed by atoms with Crippen molar-refractivity contribution >= 4 is 11.8 Å². The first-order valence-electron chi connectivity index (χ1n) is 5.43. The van der Waals surface area contributed by atoms with Gasteiger partial charge in [-0.3, -0.25) is 0 Å². The van der Waals surface area contributed by atoms with Crippen molar-refractivity contribution in [1.82, 2.24) is 15.5 Å². The Balaban J connectivity index is 1.91. The average molecular weight is 227 g/mol. The van der Waals surface area contributed by atoms with Gasteiger partial charge in [-0.15, -0.1) is 22.0 Å². The van der Waals surface area contributed by atoms with Crippen molar-refractivity contribution in [3.63, 3.8) is 0 Å². The van der Waals surface area contributed by atoms with Crippen LogP contribution in [0, 0.1) is 0 Å². The summed E-state index contributed by atoms with van der Waals surface area (Å²) in [6, 6.07) is 0.446. The monoisotopic (exact) mass is 227 g/mol. The third kappa shape index (κ3) is 2.95. The fourth-order valence-corrected chi connectivity index (χ4v) is 2.72. The number of hydrogen-bond donors (Lipinski definition) is 1. The van der Waals surface area contributed by atoms with Gasteiger partial charge in [0.15, 0.2) is 0 Å². The standard InChI is InChI=1S/C10H17N3OS/c1-7(2)11-6-9-12-13-10(14-9)8-4-3-5-15-8/h7-8,11H,3-6H2,1-2H3. The van der Waals surface area contributed by atoms with Crippen LogP contribution in [-0.4, -0.2) is 22.0 Å². The summed E-state index contributed by atoms with van der Waals surface area (Å²) < 4.78 is 5.61. The molecular formula is C10H17N3OS. The molecule has 15 heavy (non-hydrogen) atoms. The van der Waals surface area contributed by atoms with E-state index in [0.29, 0.717) is 23.7 Å². The van der Waals surface area contributed by atoms with E-state index in [1.54, 1.807) is 0 Å². The molecule has 1 unspecified atom stereocenters. The van der Waals surface area contributed by atoms with Gasteiger partial charge in [-0.1, -0.05) is 13.8 Å². The van der Waals surface area contributed by atoms with Crippen molar-refractivity contribution in [2.24, 2.45) is 0 Å². The van der Waals surface area contributed by atoms with Crippen LogP contribution >= 0.6 is 11.8 Å². The Hall–Kier alpha value is -0.550. The summed E-state index contributed by atoms with van der Waals surface area (Å²) in [4.78, 5) is 0. The van der Waals surface area contributed by atoms with Gasteiger partial charge < -0.3 is 9.73 Å². The molecule has 0 saturated carbocycles. The first kappa shape index (κ1) is 11.0. The second-order valence-electron chi connectivity index (χ2n) is 4.07. The van der Waals surface area contributed by atoms with Crippen LogP contribution in [0.15, 0.2) is 4.42 Å². The van der Waals surface area contributed by atoms with Crippen molar-refractivity contribution in [3.05, 3.63) is 11.8 Å². The maximum Gasteiger partial charge on any atom is 0.230 e. The smallest absolute Gasteiger partial charge is 0.230 e. The van der Waals surface area contributed by atoms with Crippen LogP contribution in [0.4, 0.5) is 0 Å². The number of aromatic nitrogens is 2. The summed E-state index contributed by atoms with van der Waals surface area (Å²) in [5, 5.41) is 11.8. The van der Waals surface area contributed by atoms with Crippen LogP contribution in [0.25, 0.3) is 0 Å². The Morgan fingerprint density at radius 3 is 3.07 bits per heavy atom. The molecule has 2 heterocycles. The number of thioether (sulfide) groups is 1. The van der Waals surface area contributed by atoms with Gasteiger partial charge in [-0.05, 0) is 18.6 Å². The summed E-state index contributed by atoms with van der Waals surface area (Å²) in [5.74, 6) is 2.72. The predicted octanol–water partition coefficient (Wildman–Crippen LogP) is 2.14. The average Bonchev–Trinajstić information content (AvgIpc) is 2.85. The minimum atomic E-state index is 0.435. The van der Waals surface area contributed by atoms with Gasteiger partial charge in [0.05, 0.1) is 11.8 Å². The van der Waals surface area contributed by atoms with Crippen molar-refractivity contribution in [1.29, 1.82) is 0 Å². The molecule has 1 N–H and O–H groups in total. The maximum atomic E-state index is 5.61. The molecule has 1 saturated heterocycles. The van der Waals surface area contributed by atoms with Gasteiger partial charge in [0, 0.05) is 6.04 Å². The Morgan fingerprint density at radius 2 is 2.40 bits per heavy atom. The van der Waals surface area contributed by atoms with E-state index in [1.807, 2.05) is 11.8 Å². The molecule has 1 aliphatic rings. The van der Waals surface area contributed by atoms with E-state index >= 15 is 0 Å². The molecule has 1 aliphatic heterocycles. The molecule has 1 fully saturated rings. The summed E-state index contributed by atoms with van der Waals surface area (Å²) in [7, 11) is 0. The highest BCUT2D eigenvalue weighted by Gasteiger charge is 2.23. The van der Waals surface area contributed by atoms with Crippen molar-refractivity contribution in [2.75, 3.05) is 5.75 Å². The molecule has 1 atom stereocenters. The molecule has 1 aromatic rings. The highest BCUT2D eigenvalue weighted by Crippen LogP contribution is 2.38. The Labute approximate surface area is 94.2 Å². The van der Waals surface area contributed by atoms with E-state index < -0.39 is 0 Å². The van der Waals surface area contributed by atoms with Crippen LogP contribution < -0.4 is 5.32 Å². The lowest BCUT2D eigenvalue weighted by atomic mass is 10.2. The van der Waals surface area contributed by atoms with Gasteiger partial charge in [0.2, 0.25) is 11.8 Å². The second kappa shape index (κ2) is 4.99. The van der Waals surface area contributed by atoms with E-state index in [2.05, 4.69) is 29.4 Å². The van der Waals surface area contributed by atoms with Gasteiger partial charge >= 0.3 is 0 Å². The molecule has 0 aromatic carbocycles. The Morgan fingerprint density at radius 1 is 1.53 bits per heavy atom. The third-order valence-electron chi connectivity index (χ3n) is 2.35. The first-order chi connectivity index (χ1) is 7.25. The molecule has 4 nitrogen and oxygen atoms in total. The summed E-state index contributed by atoms with van der Waals surface area (Å²) in [5.41, 5.74) is 0. The summed E-state index contributed by atoms with van der Waals surface area (Å²) >= 11 is 1.92. The summed E-state index contributed by atoms with van der Waals surface area (Å²) in [6.45, 7) is 4.87. The van der Waals surface area contributed by atoms with Gasteiger partial charge in [0.25, 0.3) is 0 Å². The predicted molar refractivity (Wildman–Crippen MR) is 60.7 cm³/mol. The molecule has 0 amide bonds. The van der Waals surface area contributed by atoms with Crippen LogP contribution in [-0.2, 0) is 6.54 Å². The van der Waals surface area contributed by atoms with Crippen molar-refractivity contribution < 1.29 is 4.42 Å². The number of nitrogens with zero attached hydrogens (tertiary/aromatic N) is 2. The molecule has 0 radical (unpaired) electrons. The number of rotatable bonds is 4. The van der Waals surface area contributed by atoms with Gasteiger partial charge in [-0.25, -0.2) is 0 Å². The zero-order chi connectivity index (χ0) is 10.7. The molecular weight excluding hydrogens is 210 g/mol. The Bertz CT molecular complexity index is 307. The highest BCUT2D eigenvalue weighted by atomic mass is 32.2. The van der Waals surface area contributed by atoms with Crippen LogP contribution in [0.3, 0.4) is 0 Å². The van der Waals surface area contributed by atoms with Crippen molar-refractivity contribution in [2.45, 2.75) is 44.5 Å². The zero-order valence-corrected chi connectivity index (χ0v) is 10.0. The van der Waals surface area contributed by atoms with E-state index in [1.165, 1.54) is 18.6 Å². The fourth-order valence-electron chi connectivity index (χ4n) is 1.53. The first-order valence-corrected chi connectivity index (χ1v) is 6.48. The molecule has 1 aromatic heterocycles. The molecule has 0 bridgehead atoms. The second-order valence-corrected chi connectivity index (χ2v) is 5.38. The normalized spacial score (nSPS) is 21.4. The van der Waals surface area contributed by atoms with E-state index in [0.717, 1.165) is 5.89 Å². The lowest BCUT2D eigenvalue weighted by Gasteiger charge is -2.04. The van der Waals surface area contributed by atoms with Gasteiger partial charge in [0.1, 0.15) is 0 Å². The Kier molecular flexibility index (Phi) is 3.64. The third-order valence-corrected chi connectivity index (χ3v) is 3.71. The van der Waals surface area contributed by atoms with Crippen LogP contribution in [0.5, 0.6) is 0 Å². The lowest BCUT2D eigenvalue weighted by molar-refractivity contribution is 0.418. The highest BCUT2D eigenvalue weighted by molar-refractivity contribution is 7.99. The zero-order valence-electron chi connectivity index (χ0n) is 9.19. The van der Waals surface area contributed by atoms with E-state index in [9.17, 15) is 0 Å². The molecule has 0 spiro atoms. The minimum absolute atomic E-state index is 0.435. The minimum Gasteiger partial charge on any atom is -0.423 e. The molecule has 0 aliphatic carbocycles. The maximum absolute atomic E-state index is 5.61. The van der Waals surface area contributed by atoms with E-state index in [-0.39, 0.29) is 0 Å². The fraction of sp³-hybridized carbons (Fsp3) is 0.800. The van der Waals surface area contributed by atoms with E-state index in [4.69, 9.17) is 4.42 Å². The van der Waals surface area contributed by atoms with Crippen molar-refractivity contribution in [3.8, 4) is 0 Å². The number of nitrogens with one attached hydrogen (secondary N) is 1.